The van der Waals surface area contributed by atoms with Crippen molar-refractivity contribution in [1.82, 2.24) is 10.2 Å². The highest BCUT2D eigenvalue weighted by Gasteiger charge is 2.26. The Kier molecular flexibility index (Phi) is 6.21. The molecule has 0 aromatic heterocycles. The van der Waals surface area contributed by atoms with E-state index < -0.39 is 0 Å². The Labute approximate surface area is 127 Å². The van der Waals surface area contributed by atoms with Crippen molar-refractivity contribution in [3.63, 3.8) is 0 Å². The molecule has 1 amide bonds. The molecular formula is C17H26N2O2. The van der Waals surface area contributed by atoms with E-state index in [-0.39, 0.29) is 18.6 Å². The number of piperidine rings is 1. The second kappa shape index (κ2) is 8.15. The van der Waals surface area contributed by atoms with Crippen LogP contribution in [0.15, 0.2) is 24.3 Å². The number of benzene rings is 1. The SMILES string of the molecule is CCN1CCCCC1C(=O)NCCc1ccc(CO)cc1. The topological polar surface area (TPSA) is 52.6 Å². The molecule has 1 heterocycles. The first-order chi connectivity index (χ1) is 10.2. The van der Waals surface area contributed by atoms with E-state index in [0.717, 1.165) is 37.9 Å². The lowest BCUT2D eigenvalue weighted by Crippen LogP contribution is -2.49. The molecule has 0 aliphatic carbocycles. The van der Waals surface area contributed by atoms with E-state index in [0.29, 0.717) is 6.54 Å². The van der Waals surface area contributed by atoms with E-state index in [1.54, 1.807) is 0 Å². The van der Waals surface area contributed by atoms with Gasteiger partial charge in [-0.2, -0.15) is 0 Å². The standard InChI is InChI=1S/C17H26N2O2/c1-2-19-12-4-3-5-16(19)17(21)18-11-10-14-6-8-15(13-20)9-7-14/h6-9,16,20H,2-5,10-13H2,1H3,(H,18,21). The molecule has 116 valence electrons. The van der Waals surface area contributed by atoms with E-state index >= 15 is 0 Å². The normalized spacial score (nSPS) is 19.4. The monoisotopic (exact) mass is 290 g/mol. The molecule has 1 fully saturated rings. The number of likely N-dealkylation sites (N-methyl/N-ethyl adjacent to an activating group) is 1. The van der Waals surface area contributed by atoms with Gasteiger partial charge in [0.05, 0.1) is 12.6 Å². The van der Waals surface area contributed by atoms with Gasteiger partial charge in [0.25, 0.3) is 0 Å². The molecule has 1 aliphatic heterocycles. The van der Waals surface area contributed by atoms with E-state index in [4.69, 9.17) is 5.11 Å². The molecule has 4 heteroatoms. The van der Waals surface area contributed by atoms with Crippen LogP contribution in [-0.2, 0) is 17.8 Å². The third kappa shape index (κ3) is 4.55. The highest BCUT2D eigenvalue weighted by Crippen LogP contribution is 2.16. The van der Waals surface area contributed by atoms with Crippen LogP contribution >= 0.6 is 0 Å². The molecule has 4 nitrogen and oxygen atoms in total. The predicted molar refractivity (Wildman–Crippen MR) is 84.0 cm³/mol. The quantitative estimate of drug-likeness (QED) is 0.838. The zero-order valence-corrected chi connectivity index (χ0v) is 12.8. The molecule has 0 saturated carbocycles. The van der Waals surface area contributed by atoms with E-state index in [2.05, 4.69) is 17.1 Å². The van der Waals surface area contributed by atoms with Gasteiger partial charge in [0, 0.05) is 6.54 Å². The summed E-state index contributed by atoms with van der Waals surface area (Å²) in [5.41, 5.74) is 2.10. The van der Waals surface area contributed by atoms with Crippen LogP contribution in [0.2, 0.25) is 0 Å². The fraction of sp³-hybridized carbons (Fsp3) is 0.588. The molecule has 1 aliphatic rings. The molecule has 0 radical (unpaired) electrons. The minimum atomic E-state index is 0.0560. The molecule has 1 aromatic carbocycles. The summed E-state index contributed by atoms with van der Waals surface area (Å²) < 4.78 is 0. The molecular weight excluding hydrogens is 264 g/mol. The molecule has 1 atom stereocenters. The maximum Gasteiger partial charge on any atom is 0.237 e. The van der Waals surface area contributed by atoms with Gasteiger partial charge in [-0.1, -0.05) is 37.6 Å². The molecule has 1 unspecified atom stereocenters. The zero-order chi connectivity index (χ0) is 15.1. The van der Waals surface area contributed by atoms with E-state index in [9.17, 15) is 4.79 Å². The summed E-state index contributed by atoms with van der Waals surface area (Å²) >= 11 is 0. The average molecular weight is 290 g/mol. The van der Waals surface area contributed by atoms with Gasteiger partial charge >= 0.3 is 0 Å². The summed E-state index contributed by atoms with van der Waals surface area (Å²) in [6.07, 6.45) is 4.16. The number of nitrogens with zero attached hydrogens (tertiary/aromatic N) is 1. The highest BCUT2D eigenvalue weighted by atomic mass is 16.3. The summed E-state index contributed by atoms with van der Waals surface area (Å²) in [6, 6.07) is 7.93. The first-order valence-electron chi connectivity index (χ1n) is 7.95. The minimum absolute atomic E-state index is 0.0560. The van der Waals surface area contributed by atoms with Gasteiger partial charge in [0.1, 0.15) is 0 Å². The maximum atomic E-state index is 12.3. The van der Waals surface area contributed by atoms with Gasteiger partial charge in [-0.25, -0.2) is 0 Å². The van der Waals surface area contributed by atoms with Crippen molar-refractivity contribution < 1.29 is 9.90 Å². The largest absolute Gasteiger partial charge is 0.392 e. The lowest BCUT2D eigenvalue weighted by Gasteiger charge is -2.33. The van der Waals surface area contributed by atoms with Gasteiger partial charge < -0.3 is 10.4 Å². The number of rotatable bonds is 6. The first kappa shape index (κ1) is 16.0. The number of carbonyl (C=O) groups is 1. The lowest BCUT2D eigenvalue weighted by atomic mass is 10.0. The van der Waals surface area contributed by atoms with Crippen LogP contribution in [0, 0.1) is 0 Å². The molecule has 1 saturated heterocycles. The van der Waals surface area contributed by atoms with Crippen LogP contribution in [0.4, 0.5) is 0 Å². The van der Waals surface area contributed by atoms with Crippen molar-refractivity contribution in [1.29, 1.82) is 0 Å². The Morgan fingerprint density at radius 3 is 2.67 bits per heavy atom. The van der Waals surface area contributed by atoms with Crippen LogP contribution in [0.3, 0.4) is 0 Å². The van der Waals surface area contributed by atoms with Crippen LogP contribution < -0.4 is 5.32 Å². The summed E-state index contributed by atoms with van der Waals surface area (Å²) in [5.74, 6) is 0.170. The average Bonchev–Trinajstić information content (AvgIpc) is 2.55. The molecule has 1 aromatic rings. The Morgan fingerprint density at radius 1 is 1.29 bits per heavy atom. The van der Waals surface area contributed by atoms with E-state index in [1.807, 2.05) is 24.3 Å². The van der Waals surface area contributed by atoms with Crippen molar-refractivity contribution in [2.45, 2.75) is 45.3 Å². The van der Waals surface area contributed by atoms with E-state index in [1.165, 1.54) is 12.0 Å². The third-order valence-electron chi connectivity index (χ3n) is 4.24. The molecule has 0 spiro atoms. The second-order valence-corrected chi connectivity index (χ2v) is 5.66. The Hall–Kier alpha value is -1.39. The van der Waals surface area contributed by atoms with Crippen molar-refractivity contribution in [2.24, 2.45) is 0 Å². The molecule has 2 N–H and O–H groups in total. The van der Waals surface area contributed by atoms with Crippen LogP contribution in [0.25, 0.3) is 0 Å². The number of aliphatic hydroxyl groups excluding tert-OH is 1. The van der Waals surface area contributed by atoms with Crippen LogP contribution in [0.5, 0.6) is 0 Å². The summed E-state index contributed by atoms with van der Waals surface area (Å²) in [7, 11) is 0. The van der Waals surface area contributed by atoms with Gasteiger partial charge in [0.15, 0.2) is 0 Å². The van der Waals surface area contributed by atoms with Crippen molar-refractivity contribution in [3.05, 3.63) is 35.4 Å². The highest BCUT2D eigenvalue weighted by molar-refractivity contribution is 5.81. The predicted octanol–water partition coefficient (Wildman–Crippen LogP) is 1.71. The summed E-state index contributed by atoms with van der Waals surface area (Å²) in [5, 5.41) is 12.1. The Bertz CT molecular complexity index is 445. The van der Waals surface area contributed by atoms with Crippen molar-refractivity contribution >= 4 is 5.91 Å². The fourth-order valence-electron chi connectivity index (χ4n) is 2.93. The third-order valence-corrected chi connectivity index (χ3v) is 4.24. The van der Waals surface area contributed by atoms with Crippen LogP contribution in [-0.4, -0.2) is 41.6 Å². The number of likely N-dealkylation sites (tertiary alicyclic amines) is 1. The summed E-state index contributed by atoms with van der Waals surface area (Å²) in [4.78, 5) is 14.5. The summed E-state index contributed by atoms with van der Waals surface area (Å²) in [6.45, 7) is 4.85. The molecule has 2 rings (SSSR count). The molecule has 21 heavy (non-hydrogen) atoms. The smallest absolute Gasteiger partial charge is 0.237 e. The number of aliphatic hydroxyl groups is 1. The fourth-order valence-corrected chi connectivity index (χ4v) is 2.93. The minimum Gasteiger partial charge on any atom is -0.392 e. The zero-order valence-electron chi connectivity index (χ0n) is 12.8. The van der Waals surface area contributed by atoms with Crippen LogP contribution in [0.1, 0.15) is 37.3 Å². The van der Waals surface area contributed by atoms with Gasteiger partial charge in [0.2, 0.25) is 5.91 Å². The van der Waals surface area contributed by atoms with Crippen molar-refractivity contribution in [3.8, 4) is 0 Å². The number of nitrogens with one attached hydrogen (secondary N) is 1. The lowest BCUT2D eigenvalue weighted by molar-refractivity contribution is -0.127. The van der Waals surface area contributed by atoms with Gasteiger partial charge in [-0.05, 0) is 43.5 Å². The Morgan fingerprint density at radius 2 is 2.00 bits per heavy atom. The number of amides is 1. The van der Waals surface area contributed by atoms with Crippen molar-refractivity contribution in [2.75, 3.05) is 19.6 Å². The molecule has 0 bridgehead atoms. The first-order valence-corrected chi connectivity index (χ1v) is 7.95. The second-order valence-electron chi connectivity index (χ2n) is 5.66. The number of hydrogen-bond acceptors (Lipinski definition) is 3. The maximum absolute atomic E-state index is 12.3. The van der Waals surface area contributed by atoms with Gasteiger partial charge in [-0.15, -0.1) is 0 Å². The number of carbonyl (C=O) groups excluding carboxylic acids is 1. The number of hydrogen-bond donors (Lipinski definition) is 2. The Balaban J connectivity index is 1.77. The van der Waals surface area contributed by atoms with Gasteiger partial charge in [-0.3, -0.25) is 9.69 Å².